The van der Waals surface area contributed by atoms with Gasteiger partial charge >= 0.3 is 0 Å². The van der Waals surface area contributed by atoms with Crippen LogP contribution in [0, 0.1) is 17.8 Å². The first-order valence-corrected chi connectivity index (χ1v) is 7.15. The number of nitrogens with one attached hydrogen (secondary N) is 1. The molecule has 2 aliphatic carbocycles. The van der Waals surface area contributed by atoms with E-state index in [4.69, 9.17) is 18.0 Å². The number of rotatable bonds is 6. The molecule has 2 fully saturated rings. The van der Waals surface area contributed by atoms with Gasteiger partial charge in [-0.15, -0.1) is 0 Å². The second kappa shape index (κ2) is 4.84. The number of pyridine rings is 1. The monoisotopic (exact) mass is 261 g/mol. The van der Waals surface area contributed by atoms with Gasteiger partial charge in [0, 0.05) is 6.54 Å². The molecular formula is C14H19N3S. The summed E-state index contributed by atoms with van der Waals surface area (Å²) in [6.45, 7) is 1.04. The lowest BCUT2D eigenvalue weighted by molar-refractivity contribution is 0.427. The molecule has 0 saturated heterocycles. The molecule has 1 aromatic heterocycles. The first-order chi connectivity index (χ1) is 8.74. The van der Waals surface area contributed by atoms with Gasteiger partial charge in [0.1, 0.15) is 10.8 Å². The van der Waals surface area contributed by atoms with Crippen molar-refractivity contribution < 1.29 is 0 Å². The van der Waals surface area contributed by atoms with Gasteiger partial charge in [-0.1, -0.05) is 18.3 Å². The molecule has 3 rings (SSSR count). The SMILES string of the molecule is NC(=S)c1cccc(NCC(C2CC2)C2CC2)n1. The largest absolute Gasteiger partial charge is 0.388 e. The Hall–Kier alpha value is -1.16. The van der Waals surface area contributed by atoms with Crippen LogP contribution in [-0.4, -0.2) is 16.5 Å². The number of aromatic nitrogens is 1. The third-order valence-corrected chi connectivity index (χ3v) is 4.18. The molecular weight excluding hydrogens is 242 g/mol. The number of hydrogen-bond donors (Lipinski definition) is 2. The van der Waals surface area contributed by atoms with Crippen molar-refractivity contribution >= 4 is 23.0 Å². The quantitative estimate of drug-likeness (QED) is 0.773. The van der Waals surface area contributed by atoms with Crippen LogP contribution in [-0.2, 0) is 0 Å². The van der Waals surface area contributed by atoms with Crippen molar-refractivity contribution in [1.82, 2.24) is 4.98 Å². The molecule has 0 atom stereocenters. The van der Waals surface area contributed by atoms with Crippen molar-refractivity contribution in [3.05, 3.63) is 23.9 Å². The van der Waals surface area contributed by atoms with Gasteiger partial charge in [-0.3, -0.25) is 0 Å². The van der Waals surface area contributed by atoms with Crippen LogP contribution in [0.25, 0.3) is 0 Å². The zero-order valence-electron chi connectivity index (χ0n) is 10.4. The predicted octanol–water partition coefficient (Wildman–Crippen LogP) is 2.56. The second-order valence-corrected chi connectivity index (χ2v) is 5.93. The van der Waals surface area contributed by atoms with E-state index in [0.717, 1.165) is 30.1 Å². The Kier molecular flexibility index (Phi) is 3.20. The zero-order valence-corrected chi connectivity index (χ0v) is 11.2. The lowest BCUT2D eigenvalue weighted by atomic mass is 9.98. The molecule has 0 aromatic carbocycles. The smallest absolute Gasteiger partial charge is 0.126 e. The van der Waals surface area contributed by atoms with Crippen molar-refractivity contribution in [2.24, 2.45) is 23.5 Å². The topological polar surface area (TPSA) is 50.9 Å². The van der Waals surface area contributed by atoms with Crippen LogP contribution in [0.1, 0.15) is 31.4 Å². The van der Waals surface area contributed by atoms with E-state index in [0.29, 0.717) is 10.7 Å². The Labute approximate surface area is 113 Å². The number of anilines is 1. The highest BCUT2D eigenvalue weighted by atomic mass is 32.1. The van der Waals surface area contributed by atoms with Crippen molar-refractivity contribution in [1.29, 1.82) is 0 Å². The summed E-state index contributed by atoms with van der Waals surface area (Å²) in [5, 5.41) is 3.46. The minimum Gasteiger partial charge on any atom is -0.388 e. The Balaban J connectivity index is 1.61. The Bertz CT molecular complexity index is 440. The minimum absolute atomic E-state index is 0.361. The van der Waals surface area contributed by atoms with Crippen LogP contribution in [0.15, 0.2) is 18.2 Å². The summed E-state index contributed by atoms with van der Waals surface area (Å²) in [4.78, 5) is 4.79. The third kappa shape index (κ3) is 2.80. The molecule has 2 saturated carbocycles. The maximum Gasteiger partial charge on any atom is 0.126 e. The van der Waals surface area contributed by atoms with E-state index in [1.54, 1.807) is 0 Å². The summed E-state index contributed by atoms with van der Waals surface area (Å²) in [5.74, 6) is 3.67. The lowest BCUT2D eigenvalue weighted by Gasteiger charge is -2.16. The summed E-state index contributed by atoms with van der Waals surface area (Å²) in [5.41, 5.74) is 6.29. The van der Waals surface area contributed by atoms with E-state index >= 15 is 0 Å². The van der Waals surface area contributed by atoms with Gasteiger partial charge < -0.3 is 11.1 Å². The van der Waals surface area contributed by atoms with Crippen LogP contribution >= 0.6 is 12.2 Å². The summed E-state index contributed by atoms with van der Waals surface area (Å²) in [7, 11) is 0. The van der Waals surface area contributed by atoms with Gasteiger partial charge in [-0.25, -0.2) is 4.98 Å². The first kappa shape index (κ1) is 11.9. The molecule has 3 N–H and O–H groups in total. The Morgan fingerprint density at radius 2 is 2.00 bits per heavy atom. The van der Waals surface area contributed by atoms with Crippen LogP contribution < -0.4 is 11.1 Å². The molecule has 96 valence electrons. The van der Waals surface area contributed by atoms with E-state index in [-0.39, 0.29) is 0 Å². The van der Waals surface area contributed by atoms with Crippen LogP contribution in [0.2, 0.25) is 0 Å². The predicted molar refractivity (Wildman–Crippen MR) is 77.6 cm³/mol. The molecule has 0 amide bonds. The summed E-state index contributed by atoms with van der Waals surface area (Å²) in [6.07, 6.45) is 5.68. The van der Waals surface area contributed by atoms with Gasteiger partial charge in [-0.2, -0.15) is 0 Å². The first-order valence-electron chi connectivity index (χ1n) is 6.75. The highest BCUT2D eigenvalue weighted by Gasteiger charge is 2.40. The van der Waals surface area contributed by atoms with Gasteiger partial charge in [-0.05, 0) is 55.6 Å². The average Bonchev–Trinajstić information content (AvgIpc) is 3.23. The Morgan fingerprint density at radius 1 is 1.33 bits per heavy atom. The van der Waals surface area contributed by atoms with Crippen LogP contribution in [0.3, 0.4) is 0 Å². The molecule has 0 bridgehead atoms. The standard InChI is InChI=1S/C14H19N3S/c15-14(18)12-2-1-3-13(17-12)16-8-11(9-4-5-9)10-6-7-10/h1-3,9-11H,4-8H2,(H2,15,18)(H,16,17). The molecule has 1 heterocycles. The van der Waals surface area contributed by atoms with E-state index in [9.17, 15) is 0 Å². The average molecular weight is 261 g/mol. The summed E-state index contributed by atoms with van der Waals surface area (Å²) >= 11 is 4.95. The zero-order chi connectivity index (χ0) is 12.5. The fourth-order valence-corrected chi connectivity index (χ4v) is 2.77. The lowest BCUT2D eigenvalue weighted by Crippen LogP contribution is -2.19. The van der Waals surface area contributed by atoms with E-state index < -0.39 is 0 Å². The molecule has 1 aromatic rings. The Morgan fingerprint density at radius 3 is 2.56 bits per heavy atom. The molecule has 0 aliphatic heterocycles. The fraction of sp³-hybridized carbons (Fsp3) is 0.571. The van der Waals surface area contributed by atoms with Gasteiger partial charge in [0.05, 0.1) is 5.69 Å². The van der Waals surface area contributed by atoms with E-state index in [1.165, 1.54) is 25.7 Å². The third-order valence-electron chi connectivity index (χ3n) is 3.98. The highest BCUT2D eigenvalue weighted by molar-refractivity contribution is 7.80. The molecule has 18 heavy (non-hydrogen) atoms. The normalized spacial score (nSPS) is 18.9. The van der Waals surface area contributed by atoms with Crippen molar-refractivity contribution in [2.45, 2.75) is 25.7 Å². The van der Waals surface area contributed by atoms with Crippen molar-refractivity contribution in [3.63, 3.8) is 0 Å². The van der Waals surface area contributed by atoms with Crippen LogP contribution in [0.5, 0.6) is 0 Å². The number of nitrogens with two attached hydrogens (primary N) is 1. The maximum atomic E-state index is 5.60. The second-order valence-electron chi connectivity index (χ2n) is 5.49. The van der Waals surface area contributed by atoms with E-state index in [1.807, 2.05) is 18.2 Å². The van der Waals surface area contributed by atoms with Gasteiger partial charge in [0.25, 0.3) is 0 Å². The van der Waals surface area contributed by atoms with Gasteiger partial charge in [0.2, 0.25) is 0 Å². The summed E-state index contributed by atoms with van der Waals surface area (Å²) < 4.78 is 0. The molecule has 4 heteroatoms. The fourth-order valence-electron chi connectivity index (χ4n) is 2.66. The van der Waals surface area contributed by atoms with Crippen molar-refractivity contribution in [2.75, 3.05) is 11.9 Å². The van der Waals surface area contributed by atoms with Gasteiger partial charge in [0.15, 0.2) is 0 Å². The molecule has 0 spiro atoms. The van der Waals surface area contributed by atoms with Crippen molar-refractivity contribution in [3.8, 4) is 0 Å². The summed E-state index contributed by atoms with van der Waals surface area (Å²) in [6, 6.07) is 5.79. The number of thiocarbonyl (C=S) groups is 1. The number of hydrogen-bond acceptors (Lipinski definition) is 3. The van der Waals surface area contributed by atoms with Crippen LogP contribution in [0.4, 0.5) is 5.82 Å². The highest BCUT2D eigenvalue weighted by Crippen LogP contribution is 2.49. The maximum absolute atomic E-state index is 5.60. The molecule has 2 aliphatic rings. The minimum atomic E-state index is 0.361. The number of nitrogens with zero attached hydrogens (tertiary/aromatic N) is 1. The molecule has 0 unspecified atom stereocenters. The molecule has 0 radical (unpaired) electrons. The van der Waals surface area contributed by atoms with E-state index in [2.05, 4.69) is 10.3 Å². The molecule has 3 nitrogen and oxygen atoms in total.